The number of thiophene rings is 1. The number of methoxy groups -OCH3 is 1. The summed E-state index contributed by atoms with van der Waals surface area (Å²) in [5.41, 5.74) is 0.716. The molecule has 0 spiro atoms. The molecule has 3 aromatic rings. The van der Waals surface area contributed by atoms with Crippen molar-refractivity contribution in [2.24, 2.45) is 0 Å². The fourth-order valence-electron chi connectivity index (χ4n) is 2.75. The number of rotatable bonds is 5. The van der Waals surface area contributed by atoms with Gasteiger partial charge in [0.25, 0.3) is 0 Å². The van der Waals surface area contributed by atoms with Crippen LogP contribution in [0.3, 0.4) is 0 Å². The number of hydrogen-bond donors (Lipinski definition) is 1. The molecule has 0 fully saturated rings. The minimum absolute atomic E-state index is 0.0380. The number of carbonyl (C=O) groups excluding carboxylic acids is 2. The third-order valence-corrected chi connectivity index (χ3v) is 5.48. The molecule has 9 heteroatoms. The third kappa shape index (κ3) is 5.34. The minimum Gasteiger partial charge on any atom is -0.465 e. The second-order valence-electron chi connectivity index (χ2n) is 6.27. The molecule has 160 valence electrons. The van der Waals surface area contributed by atoms with Gasteiger partial charge in [0, 0.05) is 22.0 Å². The van der Waals surface area contributed by atoms with Crippen LogP contribution in [0.4, 0.5) is 18.2 Å². The Bertz CT molecular complexity index is 1140. The highest BCUT2D eigenvalue weighted by Crippen LogP contribution is 2.36. The monoisotopic (exact) mass is 465 g/mol. The minimum atomic E-state index is -4.53. The average Bonchev–Trinajstić information content (AvgIpc) is 3.15. The summed E-state index contributed by atoms with van der Waals surface area (Å²) < 4.78 is 43.5. The maximum absolute atomic E-state index is 12.9. The van der Waals surface area contributed by atoms with Gasteiger partial charge < -0.3 is 10.1 Å². The van der Waals surface area contributed by atoms with Crippen LogP contribution in [0.5, 0.6) is 0 Å². The Kier molecular flexibility index (Phi) is 6.82. The van der Waals surface area contributed by atoms with Crippen LogP contribution in [0.2, 0.25) is 5.02 Å². The lowest BCUT2D eigenvalue weighted by Gasteiger charge is -2.08. The van der Waals surface area contributed by atoms with E-state index in [-0.39, 0.29) is 21.2 Å². The Hall–Kier alpha value is -3.10. The molecule has 0 saturated carbocycles. The molecule has 0 atom stereocenters. The molecule has 31 heavy (non-hydrogen) atoms. The van der Waals surface area contributed by atoms with Gasteiger partial charge in [-0.25, -0.2) is 4.79 Å². The number of benzene rings is 2. The van der Waals surface area contributed by atoms with Crippen LogP contribution in [0.15, 0.2) is 60.0 Å². The van der Waals surface area contributed by atoms with Gasteiger partial charge in [0.15, 0.2) is 0 Å². The van der Waals surface area contributed by atoms with Crippen molar-refractivity contribution in [3.63, 3.8) is 0 Å². The molecule has 2 aromatic carbocycles. The van der Waals surface area contributed by atoms with Crippen LogP contribution < -0.4 is 5.32 Å². The number of anilines is 1. The lowest BCUT2D eigenvalue weighted by Crippen LogP contribution is -2.11. The standard InChI is InChI=1S/C22H15ClF3NO3S/c1-30-21(29)19-16(13-5-3-2-4-6-13)12-31-20(19)27-18(28)10-7-14-11-15(22(24,25)26)8-9-17(14)23/h2-12H,1H3,(H,27,28)/b10-7+. The molecule has 0 aliphatic heterocycles. The van der Waals surface area contributed by atoms with E-state index in [1.54, 1.807) is 5.38 Å². The van der Waals surface area contributed by atoms with Crippen molar-refractivity contribution in [1.82, 2.24) is 0 Å². The lowest BCUT2D eigenvalue weighted by atomic mass is 10.0. The van der Waals surface area contributed by atoms with Gasteiger partial charge in [-0.05, 0) is 35.4 Å². The van der Waals surface area contributed by atoms with Crippen molar-refractivity contribution in [2.45, 2.75) is 6.18 Å². The Balaban J connectivity index is 1.86. The van der Waals surface area contributed by atoms with E-state index in [1.165, 1.54) is 13.2 Å². The third-order valence-electron chi connectivity index (χ3n) is 4.24. The Morgan fingerprint density at radius 3 is 2.48 bits per heavy atom. The average molecular weight is 466 g/mol. The number of ether oxygens (including phenoxy) is 1. The molecular weight excluding hydrogens is 451 g/mol. The number of alkyl halides is 3. The van der Waals surface area contributed by atoms with Crippen molar-refractivity contribution >= 4 is 45.9 Å². The second kappa shape index (κ2) is 9.36. The fourth-order valence-corrected chi connectivity index (χ4v) is 3.89. The largest absolute Gasteiger partial charge is 0.465 e. The quantitative estimate of drug-likeness (QED) is 0.344. The summed E-state index contributed by atoms with van der Waals surface area (Å²) in [6.07, 6.45) is -2.31. The zero-order chi connectivity index (χ0) is 22.6. The van der Waals surface area contributed by atoms with Crippen molar-refractivity contribution in [1.29, 1.82) is 0 Å². The van der Waals surface area contributed by atoms with Crippen molar-refractivity contribution in [2.75, 3.05) is 12.4 Å². The van der Waals surface area contributed by atoms with E-state index in [0.29, 0.717) is 5.56 Å². The summed E-state index contributed by atoms with van der Waals surface area (Å²) in [6.45, 7) is 0. The van der Waals surface area contributed by atoms with Crippen molar-refractivity contribution < 1.29 is 27.5 Å². The van der Waals surface area contributed by atoms with Gasteiger partial charge in [0.2, 0.25) is 5.91 Å². The Labute approximate surface area is 184 Å². The topological polar surface area (TPSA) is 55.4 Å². The maximum atomic E-state index is 12.9. The molecule has 0 aliphatic rings. The van der Waals surface area contributed by atoms with Crippen molar-refractivity contribution in [3.8, 4) is 11.1 Å². The summed E-state index contributed by atoms with van der Waals surface area (Å²) in [4.78, 5) is 24.7. The zero-order valence-corrected chi connectivity index (χ0v) is 17.6. The molecule has 0 radical (unpaired) electrons. The van der Waals surface area contributed by atoms with Gasteiger partial charge in [0.1, 0.15) is 10.6 Å². The summed E-state index contributed by atoms with van der Waals surface area (Å²) >= 11 is 7.07. The van der Waals surface area contributed by atoms with E-state index in [1.807, 2.05) is 30.3 Å². The van der Waals surface area contributed by atoms with Crippen LogP contribution in [-0.4, -0.2) is 19.0 Å². The first-order chi connectivity index (χ1) is 14.7. The number of hydrogen-bond acceptors (Lipinski definition) is 4. The second-order valence-corrected chi connectivity index (χ2v) is 7.55. The first kappa shape index (κ1) is 22.6. The number of nitrogens with one attached hydrogen (secondary N) is 1. The molecule has 1 heterocycles. The summed E-state index contributed by atoms with van der Waals surface area (Å²) in [7, 11) is 1.23. The Morgan fingerprint density at radius 2 is 1.84 bits per heavy atom. The van der Waals surface area contributed by atoms with Gasteiger partial charge >= 0.3 is 12.1 Å². The smallest absolute Gasteiger partial charge is 0.416 e. The normalized spacial score (nSPS) is 11.5. The predicted molar refractivity (Wildman–Crippen MR) is 115 cm³/mol. The molecule has 0 saturated heterocycles. The molecule has 1 aromatic heterocycles. The van der Waals surface area contributed by atoms with E-state index >= 15 is 0 Å². The zero-order valence-electron chi connectivity index (χ0n) is 16.0. The first-order valence-electron chi connectivity index (χ1n) is 8.81. The number of esters is 1. The highest BCUT2D eigenvalue weighted by atomic mass is 35.5. The number of halogens is 4. The van der Waals surface area contributed by atoms with Crippen LogP contribution in [-0.2, 0) is 15.7 Å². The summed E-state index contributed by atoms with van der Waals surface area (Å²) in [5, 5.41) is 4.61. The first-order valence-corrected chi connectivity index (χ1v) is 10.1. The SMILES string of the molecule is COC(=O)c1c(-c2ccccc2)csc1NC(=O)/C=C/c1cc(C(F)(F)F)ccc1Cl. The molecular formula is C22H15ClF3NO3S. The van der Waals surface area contributed by atoms with E-state index in [0.717, 1.165) is 41.2 Å². The summed E-state index contributed by atoms with van der Waals surface area (Å²) in [5.74, 6) is -1.26. The van der Waals surface area contributed by atoms with Crippen molar-refractivity contribution in [3.05, 3.63) is 81.7 Å². The number of amides is 1. The van der Waals surface area contributed by atoms with Gasteiger partial charge in [-0.15, -0.1) is 11.3 Å². The van der Waals surface area contributed by atoms with E-state index in [4.69, 9.17) is 16.3 Å². The molecule has 4 nitrogen and oxygen atoms in total. The van der Waals surface area contributed by atoms with Gasteiger partial charge in [-0.3, -0.25) is 4.79 Å². The van der Waals surface area contributed by atoms with Crippen LogP contribution in [0.25, 0.3) is 17.2 Å². The molecule has 3 rings (SSSR count). The van der Waals surface area contributed by atoms with Crippen LogP contribution in [0.1, 0.15) is 21.5 Å². The van der Waals surface area contributed by atoms with Gasteiger partial charge in [-0.1, -0.05) is 41.9 Å². The molecule has 1 amide bonds. The van der Waals surface area contributed by atoms with Gasteiger partial charge in [-0.2, -0.15) is 13.2 Å². The summed E-state index contributed by atoms with van der Waals surface area (Å²) in [6, 6.07) is 11.9. The molecule has 0 aliphatic carbocycles. The van der Waals surface area contributed by atoms with Gasteiger partial charge in [0.05, 0.1) is 12.7 Å². The highest BCUT2D eigenvalue weighted by molar-refractivity contribution is 7.15. The van der Waals surface area contributed by atoms with Crippen LogP contribution >= 0.6 is 22.9 Å². The van der Waals surface area contributed by atoms with E-state index in [2.05, 4.69) is 5.32 Å². The fraction of sp³-hybridized carbons (Fsp3) is 0.0909. The van der Waals surface area contributed by atoms with E-state index in [9.17, 15) is 22.8 Å². The molecule has 0 unspecified atom stereocenters. The molecule has 0 bridgehead atoms. The van der Waals surface area contributed by atoms with E-state index < -0.39 is 23.6 Å². The maximum Gasteiger partial charge on any atom is 0.416 e. The van der Waals surface area contributed by atoms with Crippen LogP contribution in [0, 0.1) is 0 Å². The predicted octanol–water partition coefficient (Wildman–Crippen LogP) is 6.53. The number of carbonyl (C=O) groups is 2. The highest BCUT2D eigenvalue weighted by Gasteiger charge is 2.30. The lowest BCUT2D eigenvalue weighted by molar-refractivity contribution is -0.137. The molecule has 1 N–H and O–H groups in total. The Morgan fingerprint density at radius 1 is 1.13 bits per heavy atom.